The molecule has 1 aromatic heterocycles. The Kier molecular flexibility index (Phi) is 5.93. The van der Waals surface area contributed by atoms with E-state index in [2.05, 4.69) is 5.32 Å². The first-order chi connectivity index (χ1) is 12.5. The molecule has 1 aliphatic carbocycles. The van der Waals surface area contributed by atoms with Crippen LogP contribution in [0.2, 0.25) is 0 Å². The Morgan fingerprint density at radius 1 is 1.31 bits per heavy atom. The third-order valence-electron chi connectivity index (χ3n) is 4.59. The quantitative estimate of drug-likeness (QED) is 0.808. The maximum absolute atomic E-state index is 12.7. The summed E-state index contributed by atoms with van der Waals surface area (Å²) < 4.78 is 10.7. The number of anilines is 1. The van der Waals surface area contributed by atoms with Crippen LogP contribution in [0.4, 0.5) is 5.00 Å². The van der Waals surface area contributed by atoms with Crippen molar-refractivity contribution in [3.05, 3.63) is 16.0 Å². The smallest absolute Gasteiger partial charge is 0.341 e. The van der Waals surface area contributed by atoms with E-state index in [0.717, 1.165) is 36.1 Å². The number of amides is 2. The van der Waals surface area contributed by atoms with E-state index >= 15 is 0 Å². The molecule has 8 heteroatoms. The number of rotatable bonds is 4. The molecule has 0 spiro atoms. The van der Waals surface area contributed by atoms with Crippen LogP contribution in [0, 0.1) is 0 Å². The summed E-state index contributed by atoms with van der Waals surface area (Å²) in [5.74, 6) is -0.988. The largest absolute Gasteiger partial charge is 0.452 e. The molecule has 2 aliphatic rings. The van der Waals surface area contributed by atoms with Gasteiger partial charge >= 0.3 is 5.97 Å². The first-order valence-electron chi connectivity index (χ1n) is 8.94. The lowest BCUT2D eigenvalue weighted by molar-refractivity contribution is -0.141. The van der Waals surface area contributed by atoms with Gasteiger partial charge in [-0.2, -0.15) is 0 Å². The molecule has 142 valence electrons. The number of carbonyl (C=O) groups excluding carboxylic acids is 3. The highest BCUT2D eigenvalue weighted by Gasteiger charge is 2.28. The average Bonchev–Trinajstić information content (AvgIpc) is 2.96. The van der Waals surface area contributed by atoms with Crippen molar-refractivity contribution in [3.8, 4) is 0 Å². The standard InChI is InChI=1S/C18H24N2O5S/c1-11-9-20(7-8-24-11)15(22)10-25-18(23)16-13-5-3-4-6-14(13)26-17(16)19-12(2)21/h11H,3-10H2,1-2H3,(H,19,21). The molecule has 2 amide bonds. The number of nitrogens with one attached hydrogen (secondary N) is 1. The normalized spacial score (nSPS) is 19.6. The van der Waals surface area contributed by atoms with Crippen LogP contribution in [0.3, 0.4) is 0 Å². The highest BCUT2D eigenvalue weighted by molar-refractivity contribution is 7.17. The molecule has 0 bridgehead atoms. The fraction of sp³-hybridized carbons (Fsp3) is 0.611. The van der Waals surface area contributed by atoms with Crippen molar-refractivity contribution in [1.82, 2.24) is 4.90 Å². The van der Waals surface area contributed by atoms with Gasteiger partial charge in [0.05, 0.1) is 18.3 Å². The minimum Gasteiger partial charge on any atom is -0.452 e. The summed E-state index contributed by atoms with van der Waals surface area (Å²) in [6, 6.07) is 0. The van der Waals surface area contributed by atoms with Gasteiger partial charge in [0.1, 0.15) is 5.00 Å². The number of morpholine rings is 1. The van der Waals surface area contributed by atoms with Gasteiger partial charge in [-0.05, 0) is 38.2 Å². The molecule has 1 N–H and O–H groups in total. The summed E-state index contributed by atoms with van der Waals surface area (Å²) in [6.45, 7) is 4.52. The number of esters is 1. The Morgan fingerprint density at radius 3 is 2.81 bits per heavy atom. The Labute approximate surface area is 156 Å². The lowest BCUT2D eigenvalue weighted by Crippen LogP contribution is -2.46. The summed E-state index contributed by atoms with van der Waals surface area (Å²) in [5.41, 5.74) is 1.38. The number of ether oxygens (including phenoxy) is 2. The SMILES string of the molecule is CC(=O)Nc1sc2c(c1C(=O)OCC(=O)N1CCOC(C)C1)CCCC2. The summed E-state index contributed by atoms with van der Waals surface area (Å²) in [5, 5.41) is 3.26. The van der Waals surface area contributed by atoms with Gasteiger partial charge in [0.2, 0.25) is 5.91 Å². The van der Waals surface area contributed by atoms with Gasteiger partial charge in [-0.25, -0.2) is 4.79 Å². The number of thiophene rings is 1. The Balaban J connectivity index is 1.69. The number of fused-ring (bicyclic) bond motifs is 1. The average molecular weight is 380 g/mol. The molecule has 1 aromatic rings. The fourth-order valence-corrected chi connectivity index (χ4v) is 4.69. The number of carbonyl (C=O) groups is 3. The van der Waals surface area contributed by atoms with Crippen LogP contribution in [0.1, 0.15) is 47.5 Å². The van der Waals surface area contributed by atoms with E-state index in [0.29, 0.717) is 30.3 Å². The lowest BCUT2D eigenvalue weighted by atomic mass is 9.95. The van der Waals surface area contributed by atoms with Crippen molar-refractivity contribution < 1.29 is 23.9 Å². The maximum Gasteiger partial charge on any atom is 0.341 e. The van der Waals surface area contributed by atoms with Gasteiger partial charge in [0, 0.05) is 24.9 Å². The van der Waals surface area contributed by atoms with Gasteiger partial charge < -0.3 is 19.7 Å². The highest BCUT2D eigenvalue weighted by Crippen LogP contribution is 2.38. The van der Waals surface area contributed by atoms with Crippen molar-refractivity contribution >= 4 is 34.1 Å². The third kappa shape index (κ3) is 4.24. The second-order valence-corrected chi connectivity index (χ2v) is 7.80. The summed E-state index contributed by atoms with van der Waals surface area (Å²) in [7, 11) is 0. The minimum atomic E-state index is -0.539. The van der Waals surface area contributed by atoms with E-state index in [-0.39, 0.29) is 24.5 Å². The maximum atomic E-state index is 12.7. The Bertz CT molecular complexity index is 715. The molecule has 1 unspecified atom stereocenters. The molecule has 3 rings (SSSR count). The van der Waals surface area contributed by atoms with Crippen LogP contribution in [-0.4, -0.2) is 55.1 Å². The van der Waals surface area contributed by atoms with Crippen LogP contribution < -0.4 is 5.32 Å². The third-order valence-corrected chi connectivity index (χ3v) is 5.79. The van der Waals surface area contributed by atoms with Crippen molar-refractivity contribution in [1.29, 1.82) is 0 Å². The first-order valence-corrected chi connectivity index (χ1v) is 9.76. The summed E-state index contributed by atoms with van der Waals surface area (Å²) in [6.07, 6.45) is 3.78. The van der Waals surface area contributed by atoms with Crippen LogP contribution in [0.5, 0.6) is 0 Å². The Morgan fingerprint density at radius 2 is 2.08 bits per heavy atom. The lowest BCUT2D eigenvalue weighted by Gasteiger charge is -2.30. The zero-order valence-corrected chi connectivity index (χ0v) is 15.9. The minimum absolute atomic E-state index is 0.0151. The second kappa shape index (κ2) is 8.18. The van der Waals surface area contributed by atoms with Gasteiger partial charge in [-0.1, -0.05) is 0 Å². The molecule has 1 fully saturated rings. The van der Waals surface area contributed by atoms with Crippen LogP contribution in [0.25, 0.3) is 0 Å². The monoisotopic (exact) mass is 380 g/mol. The molecular formula is C18H24N2O5S. The molecule has 0 saturated carbocycles. The van der Waals surface area contributed by atoms with E-state index in [1.807, 2.05) is 6.92 Å². The zero-order chi connectivity index (χ0) is 18.7. The topological polar surface area (TPSA) is 84.9 Å². The predicted octanol–water partition coefficient (Wildman–Crippen LogP) is 1.99. The molecule has 0 radical (unpaired) electrons. The predicted molar refractivity (Wildman–Crippen MR) is 97.5 cm³/mol. The van der Waals surface area contributed by atoms with E-state index in [4.69, 9.17) is 9.47 Å². The fourth-order valence-electron chi connectivity index (χ4n) is 3.37. The molecule has 1 atom stereocenters. The molecule has 1 saturated heterocycles. The first kappa shape index (κ1) is 18.8. The molecule has 26 heavy (non-hydrogen) atoms. The molecule has 7 nitrogen and oxygen atoms in total. The van der Waals surface area contributed by atoms with Crippen molar-refractivity contribution in [2.45, 2.75) is 45.6 Å². The van der Waals surface area contributed by atoms with Gasteiger partial charge in [-0.3, -0.25) is 9.59 Å². The molecule has 1 aliphatic heterocycles. The summed E-state index contributed by atoms with van der Waals surface area (Å²) in [4.78, 5) is 39.2. The van der Waals surface area contributed by atoms with E-state index in [1.54, 1.807) is 4.90 Å². The molecule has 0 aromatic carbocycles. The Hall–Kier alpha value is -1.93. The van der Waals surface area contributed by atoms with Crippen LogP contribution in [0.15, 0.2) is 0 Å². The van der Waals surface area contributed by atoms with Crippen molar-refractivity contribution in [2.75, 3.05) is 31.6 Å². The van der Waals surface area contributed by atoms with Crippen molar-refractivity contribution in [3.63, 3.8) is 0 Å². The van der Waals surface area contributed by atoms with E-state index < -0.39 is 5.97 Å². The van der Waals surface area contributed by atoms with E-state index in [9.17, 15) is 14.4 Å². The van der Waals surface area contributed by atoms with Crippen LogP contribution >= 0.6 is 11.3 Å². The number of hydrogen-bond acceptors (Lipinski definition) is 6. The number of nitrogens with zero attached hydrogens (tertiary/aromatic N) is 1. The van der Waals surface area contributed by atoms with Gasteiger partial charge in [0.25, 0.3) is 5.91 Å². The van der Waals surface area contributed by atoms with Crippen LogP contribution in [-0.2, 0) is 31.9 Å². The number of hydrogen-bond donors (Lipinski definition) is 1. The van der Waals surface area contributed by atoms with Gasteiger partial charge in [-0.15, -0.1) is 11.3 Å². The van der Waals surface area contributed by atoms with Crippen molar-refractivity contribution in [2.24, 2.45) is 0 Å². The molecular weight excluding hydrogens is 356 g/mol. The van der Waals surface area contributed by atoms with E-state index in [1.165, 1.54) is 18.3 Å². The summed E-state index contributed by atoms with van der Waals surface area (Å²) >= 11 is 1.44. The second-order valence-electron chi connectivity index (χ2n) is 6.69. The zero-order valence-electron chi connectivity index (χ0n) is 15.1. The highest BCUT2D eigenvalue weighted by atomic mass is 32.1. The molecule has 2 heterocycles. The number of aryl methyl sites for hydroxylation is 1. The van der Waals surface area contributed by atoms with Gasteiger partial charge in [0.15, 0.2) is 6.61 Å².